The average molecular weight is 343 g/mol. The van der Waals surface area contributed by atoms with Crippen molar-refractivity contribution < 1.29 is 19.5 Å². The molecule has 4 rings (SSSR count). The number of fused-ring (bicyclic) bond motifs is 2. The number of primary amides is 1. The molecular formula is C18H21N3O4. The monoisotopic (exact) mass is 343 g/mol. The summed E-state index contributed by atoms with van der Waals surface area (Å²) >= 11 is 0. The molecule has 0 atom stereocenters. The molecule has 1 saturated heterocycles. The van der Waals surface area contributed by atoms with Gasteiger partial charge in [0.05, 0.1) is 17.2 Å². The number of hydrogen-bond donors (Lipinski definition) is 3. The van der Waals surface area contributed by atoms with Gasteiger partial charge >= 0.3 is 5.97 Å². The number of nitrogens with zero attached hydrogens (tertiary/aromatic N) is 1. The molecule has 4 N–H and O–H groups in total. The van der Waals surface area contributed by atoms with Crippen LogP contribution in [-0.2, 0) is 15.0 Å². The predicted molar refractivity (Wildman–Crippen MR) is 91.7 cm³/mol. The number of carbonyl (C=O) groups excluding carboxylic acids is 2. The van der Waals surface area contributed by atoms with E-state index in [1.165, 1.54) is 0 Å². The van der Waals surface area contributed by atoms with E-state index >= 15 is 0 Å². The van der Waals surface area contributed by atoms with Crippen LogP contribution in [0.15, 0.2) is 12.1 Å². The van der Waals surface area contributed by atoms with Gasteiger partial charge in [-0.05, 0) is 43.4 Å². The van der Waals surface area contributed by atoms with Gasteiger partial charge in [-0.1, -0.05) is 0 Å². The van der Waals surface area contributed by atoms with E-state index in [9.17, 15) is 19.5 Å². The van der Waals surface area contributed by atoms with Gasteiger partial charge in [-0.2, -0.15) is 0 Å². The first kappa shape index (κ1) is 15.9. The summed E-state index contributed by atoms with van der Waals surface area (Å²) in [5.41, 5.74) is 7.88. The van der Waals surface area contributed by atoms with E-state index in [2.05, 4.69) is 10.2 Å². The highest BCUT2D eigenvalue weighted by Gasteiger charge is 2.52. The van der Waals surface area contributed by atoms with Crippen LogP contribution in [0.25, 0.3) is 0 Å². The Balaban J connectivity index is 1.80. The molecule has 2 heterocycles. The predicted octanol–water partition coefficient (Wildman–Crippen LogP) is 1.46. The lowest BCUT2D eigenvalue weighted by Gasteiger charge is -2.49. The van der Waals surface area contributed by atoms with Crippen molar-refractivity contribution in [3.8, 4) is 0 Å². The smallest absolute Gasteiger partial charge is 0.306 e. The summed E-state index contributed by atoms with van der Waals surface area (Å²) in [7, 11) is 0. The van der Waals surface area contributed by atoms with Crippen LogP contribution >= 0.6 is 0 Å². The van der Waals surface area contributed by atoms with E-state index in [1.807, 2.05) is 6.07 Å². The minimum atomic E-state index is -0.832. The first-order chi connectivity index (χ1) is 11.9. The highest BCUT2D eigenvalue weighted by molar-refractivity contribution is 6.03. The summed E-state index contributed by atoms with van der Waals surface area (Å²) in [5, 5.41) is 12.1. The van der Waals surface area contributed by atoms with Crippen molar-refractivity contribution in [1.29, 1.82) is 0 Å². The number of nitrogens with one attached hydrogen (secondary N) is 1. The number of hydrogen-bond acceptors (Lipinski definition) is 4. The highest BCUT2D eigenvalue weighted by Crippen LogP contribution is 2.55. The second-order valence-corrected chi connectivity index (χ2v) is 7.42. The topological polar surface area (TPSA) is 113 Å². The van der Waals surface area contributed by atoms with E-state index in [0.29, 0.717) is 24.1 Å². The molecule has 0 radical (unpaired) electrons. The molecule has 3 aliphatic rings. The molecule has 0 bridgehead atoms. The Morgan fingerprint density at radius 2 is 1.92 bits per heavy atom. The van der Waals surface area contributed by atoms with E-state index in [4.69, 9.17) is 5.73 Å². The van der Waals surface area contributed by atoms with Gasteiger partial charge in [0.2, 0.25) is 5.91 Å². The Labute approximate surface area is 145 Å². The largest absolute Gasteiger partial charge is 0.481 e. The first-order valence-corrected chi connectivity index (χ1v) is 8.65. The Hall–Kier alpha value is -2.57. The van der Waals surface area contributed by atoms with Crippen LogP contribution in [0.2, 0.25) is 0 Å². The minimum Gasteiger partial charge on any atom is -0.481 e. The summed E-state index contributed by atoms with van der Waals surface area (Å²) in [6.07, 6.45) is 3.22. The molecule has 1 spiro atoms. The van der Waals surface area contributed by atoms with Crippen molar-refractivity contribution in [2.45, 2.75) is 37.5 Å². The number of carbonyl (C=O) groups is 3. The summed E-state index contributed by atoms with van der Waals surface area (Å²) in [5.74, 6) is -1.86. The quantitative estimate of drug-likeness (QED) is 0.769. The van der Waals surface area contributed by atoms with Gasteiger partial charge in [-0.25, -0.2) is 0 Å². The first-order valence-electron chi connectivity index (χ1n) is 8.65. The summed E-state index contributed by atoms with van der Waals surface area (Å²) in [4.78, 5) is 37.6. The molecule has 1 saturated carbocycles. The number of aliphatic carboxylic acids is 1. The Bertz CT molecular complexity index is 777. The zero-order valence-corrected chi connectivity index (χ0v) is 13.9. The number of benzene rings is 1. The van der Waals surface area contributed by atoms with Gasteiger partial charge in [0.15, 0.2) is 0 Å². The van der Waals surface area contributed by atoms with Crippen LogP contribution in [0.4, 0.5) is 11.4 Å². The molecule has 1 aromatic rings. The maximum absolute atomic E-state index is 12.2. The number of nitrogens with two attached hydrogens (primary N) is 1. The fraction of sp³-hybridized carbons (Fsp3) is 0.500. The second-order valence-electron chi connectivity index (χ2n) is 7.42. The second kappa shape index (κ2) is 5.47. The number of anilines is 2. The van der Waals surface area contributed by atoms with Crippen LogP contribution in [0.3, 0.4) is 0 Å². The summed E-state index contributed by atoms with van der Waals surface area (Å²) < 4.78 is 0. The number of amides is 2. The molecule has 0 aromatic heterocycles. The maximum atomic E-state index is 12.2. The van der Waals surface area contributed by atoms with Gasteiger partial charge < -0.3 is 21.1 Å². The number of rotatable bonds is 3. The molecule has 2 aliphatic heterocycles. The molecule has 1 aliphatic carbocycles. The van der Waals surface area contributed by atoms with Crippen LogP contribution < -0.4 is 16.0 Å². The molecule has 2 fully saturated rings. The third kappa shape index (κ3) is 2.45. The average Bonchev–Trinajstić information content (AvgIpc) is 3.04. The van der Waals surface area contributed by atoms with Gasteiger partial charge in [0.25, 0.3) is 5.91 Å². The molecule has 25 heavy (non-hydrogen) atoms. The standard InChI is InChI=1S/C18H21N3O4/c19-16(23)11-5-12-13(6-14(11)21-3-1-2-4-21)20-15(22)9-18(12)7-10(8-18)17(24)25/h5-6,10H,1-4,7-9H2,(H2,19,23)(H,20,22)(H,24,25). The van der Waals surface area contributed by atoms with Crippen molar-refractivity contribution >= 4 is 29.2 Å². The fourth-order valence-corrected chi connectivity index (χ4v) is 4.57. The molecule has 1 aromatic carbocycles. The third-order valence-corrected chi connectivity index (χ3v) is 5.82. The van der Waals surface area contributed by atoms with E-state index < -0.39 is 23.2 Å². The Morgan fingerprint density at radius 1 is 1.24 bits per heavy atom. The zero-order valence-electron chi connectivity index (χ0n) is 13.9. The highest BCUT2D eigenvalue weighted by atomic mass is 16.4. The Kier molecular flexibility index (Phi) is 3.49. The molecule has 7 nitrogen and oxygen atoms in total. The van der Waals surface area contributed by atoms with Crippen molar-refractivity contribution in [3.63, 3.8) is 0 Å². The van der Waals surface area contributed by atoms with Crippen LogP contribution in [0.5, 0.6) is 0 Å². The van der Waals surface area contributed by atoms with Crippen LogP contribution in [-0.4, -0.2) is 36.0 Å². The summed E-state index contributed by atoms with van der Waals surface area (Å²) in [6, 6.07) is 3.62. The van der Waals surface area contributed by atoms with E-state index in [0.717, 1.165) is 37.2 Å². The van der Waals surface area contributed by atoms with Crippen LogP contribution in [0, 0.1) is 5.92 Å². The van der Waals surface area contributed by atoms with Gasteiger partial charge in [-0.15, -0.1) is 0 Å². The molecular weight excluding hydrogens is 322 g/mol. The molecule has 132 valence electrons. The zero-order chi connectivity index (χ0) is 17.8. The van der Waals surface area contributed by atoms with Crippen molar-refractivity contribution in [2.75, 3.05) is 23.3 Å². The lowest BCUT2D eigenvalue weighted by molar-refractivity contribution is -0.148. The SMILES string of the molecule is NC(=O)c1cc2c(cc1N1CCCC1)NC(=O)CC21CC(C(=O)O)C1. The van der Waals surface area contributed by atoms with Gasteiger partial charge in [-0.3, -0.25) is 14.4 Å². The Morgan fingerprint density at radius 3 is 2.52 bits per heavy atom. The normalized spacial score (nSPS) is 27.6. The summed E-state index contributed by atoms with van der Waals surface area (Å²) in [6.45, 7) is 1.72. The van der Waals surface area contributed by atoms with Gasteiger partial charge in [0.1, 0.15) is 0 Å². The lowest BCUT2D eigenvalue weighted by atomic mass is 9.55. The maximum Gasteiger partial charge on any atom is 0.306 e. The van der Waals surface area contributed by atoms with E-state index in [-0.39, 0.29) is 12.3 Å². The molecule has 2 amide bonds. The third-order valence-electron chi connectivity index (χ3n) is 5.82. The van der Waals surface area contributed by atoms with Crippen LogP contribution in [0.1, 0.15) is 48.0 Å². The van der Waals surface area contributed by atoms with Gasteiger partial charge in [0, 0.05) is 30.6 Å². The van der Waals surface area contributed by atoms with Crippen molar-refractivity contribution in [1.82, 2.24) is 0 Å². The van der Waals surface area contributed by atoms with E-state index in [1.54, 1.807) is 6.07 Å². The number of carboxylic acid groups (broad SMARTS) is 1. The molecule has 0 unspecified atom stereocenters. The van der Waals surface area contributed by atoms with Crippen molar-refractivity contribution in [3.05, 3.63) is 23.3 Å². The van der Waals surface area contributed by atoms with Crippen molar-refractivity contribution in [2.24, 2.45) is 11.7 Å². The fourth-order valence-electron chi connectivity index (χ4n) is 4.57. The molecule has 7 heteroatoms. The number of carboxylic acids is 1. The minimum absolute atomic E-state index is 0.101. The lowest BCUT2D eigenvalue weighted by Crippen LogP contribution is -2.49.